The molecule has 0 aliphatic carbocycles. The lowest BCUT2D eigenvalue weighted by Gasteiger charge is -2.24. The van der Waals surface area contributed by atoms with Crippen LogP contribution in [0.4, 0.5) is 11.5 Å². The van der Waals surface area contributed by atoms with E-state index in [0.29, 0.717) is 24.4 Å². The van der Waals surface area contributed by atoms with Crippen molar-refractivity contribution in [3.63, 3.8) is 0 Å². The topological polar surface area (TPSA) is 114 Å². The monoisotopic (exact) mass is 393 g/mol. The molecular weight excluding hydrogens is 370 g/mol. The van der Waals surface area contributed by atoms with E-state index in [2.05, 4.69) is 9.97 Å². The van der Waals surface area contributed by atoms with Gasteiger partial charge in [-0.25, -0.2) is 4.79 Å². The second kappa shape index (κ2) is 9.36. The first-order valence-electron chi connectivity index (χ1n) is 8.96. The van der Waals surface area contributed by atoms with Gasteiger partial charge < -0.3 is 5.73 Å². The molecule has 0 unspecified atom stereocenters. The average Bonchev–Trinajstić information content (AvgIpc) is 2.63. The number of nitrogens with zero attached hydrogens (tertiary/aromatic N) is 3. The minimum absolute atomic E-state index is 0.0244. The van der Waals surface area contributed by atoms with Crippen LogP contribution in [0, 0.1) is 0 Å². The molecule has 0 saturated heterocycles. The second-order valence-electron chi connectivity index (χ2n) is 6.17. The normalized spacial score (nSPS) is 10.8. The zero-order valence-corrected chi connectivity index (χ0v) is 16.3. The number of anilines is 2. The first-order chi connectivity index (χ1) is 12.9. The first kappa shape index (κ1) is 20.7. The quantitative estimate of drug-likeness (QED) is 0.714. The van der Waals surface area contributed by atoms with Crippen LogP contribution in [0.15, 0.2) is 27.9 Å². The molecule has 2 aromatic rings. The number of halogens is 1. The summed E-state index contributed by atoms with van der Waals surface area (Å²) < 4.78 is 1.29. The Balaban J connectivity index is 2.58. The molecule has 0 aliphatic heterocycles. The Bertz CT molecular complexity index is 922. The van der Waals surface area contributed by atoms with Gasteiger partial charge in [-0.15, -0.1) is 0 Å². The zero-order chi connectivity index (χ0) is 20.0. The van der Waals surface area contributed by atoms with Crippen LogP contribution in [-0.4, -0.2) is 27.0 Å². The van der Waals surface area contributed by atoms with Gasteiger partial charge in [0.15, 0.2) is 5.69 Å². The Morgan fingerprint density at radius 1 is 1.30 bits per heavy atom. The third-order valence-electron chi connectivity index (χ3n) is 4.14. The van der Waals surface area contributed by atoms with Crippen molar-refractivity contribution in [3.05, 3.63) is 49.9 Å². The van der Waals surface area contributed by atoms with Crippen molar-refractivity contribution in [1.82, 2.24) is 14.5 Å². The Labute approximate surface area is 162 Å². The number of pyridine rings is 1. The number of aromatic nitrogens is 3. The fraction of sp³-hybridized carbons (Fsp3) is 0.444. The molecular formula is C18H24ClN5O3. The van der Waals surface area contributed by atoms with Crippen LogP contribution in [0.5, 0.6) is 0 Å². The summed E-state index contributed by atoms with van der Waals surface area (Å²) in [7, 11) is 0. The van der Waals surface area contributed by atoms with E-state index in [0.717, 1.165) is 12.8 Å². The fourth-order valence-corrected chi connectivity index (χ4v) is 2.83. The molecule has 0 radical (unpaired) electrons. The maximum atomic E-state index is 13.0. The van der Waals surface area contributed by atoms with Gasteiger partial charge in [0.1, 0.15) is 11.5 Å². The number of carbonyl (C=O) groups is 1. The Morgan fingerprint density at radius 2 is 2.00 bits per heavy atom. The summed E-state index contributed by atoms with van der Waals surface area (Å²) in [6.45, 7) is 4.57. The number of nitrogens with one attached hydrogen (secondary N) is 1. The predicted molar refractivity (Wildman–Crippen MR) is 106 cm³/mol. The van der Waals surface area contributed by atoms with Crippen molar-refractivity contribution in [2.45, 2.75) is 46.1 Å². The number of nitrogen functional groups attached to an aromatic ring is 1. The van der Waals surface area contributed by atoms with E-state index in [4.69, 9.17) is 17.3 Å². The number of carbonyl (C=O) groups excluding carboxylic acids is 1. The molecule has 0 spiro atoms. The fourth-order valence-electron chi connectivity index (χ4n) is 2.67. The van der Waals surface area contributed by atoms with Crippen LogP contribution in [0.3, 0.4) is 0 Å². The van der Waals surface area contributed by atoms with Gasteiger partial charge in [0.2, 0.25) is 0 Å². The highest BCUT2D eigenvalue weighted by molar-refractivity contribution is 6.31. The summed E-state index contributed by atoms with van der Waals surface area (Å²) in [5.41, 5.74) is 4.93. The number of H-pyrrole nitrogens is 1. The van der Waals surface area contributed by atoms with Crippen molar-refractivity contribution in [2.24, 2.45) is 0 Å². The van der Waals surface area contributed by atoms with Crippen molar-refractivity contribution < 1.29 is 4.79 Å². The van der Waals surface area contributed by atoms with Crippen molar-refractivity contribution in [1.29, 1.82) is 0 Å². The predicted octanol–water partition coefficient (Wildman–Crippen LogP) is 2.41. The van der Waals surface area contributed by atoms with Crippen LogP contribution in [0.25, 0.3) is 0 Å². The number of hydrogen-bond acceptors (Lipinski definition) is 5. The average molecular weight is 394 g/mol. The summed E-state index contributed by atoms with van der Waals surface area (Å²) >= 11 is 5.96. The molecule has 27 heavy (non-hydrogen) atoms. The van der Waals surface area contributed by atoms with E-state index < -0.39 is 17.2 Å². The second-order valence-corrected chi connectivity index (χ2v) is 6.60. The van der Waals surface area contributed by atoms with Crippen molar-refractivity contribution in [3.8, 4) is 0 Å². The summed E-state index contributed by atoms with van der Waals surface area (Å²) in [6, 6.07) is 2.99. The molecule has 0 bridgehead atoms. The number of aromatic amines is 1. The van der Waals surface area contributed by atoms with E-state index >= 15 is 0 Å². The van der Waals surface area contributed by atoms with Gasteiger partial charge in [-0.05, 0) is 25.0 Å². The third kappa shape index (κ3) is 4.77. The third-order valence-corrected chi connectivity index (χ3v) is 4.38. The maximum absolute atomic E-state index is 13.0. The first-order valence-corrected chi connectivity index (χ1v) is 9.34. The standard InChI is InChI=1S/C18H24ClN5O3/c1-3-5-9-23(17(26)13-11-12(19)7-8-21-13)14-15(20)24(10-6-4-2)18(27)22-16(14)25/h7-8,11H,3-6,9-10,20H2,1-2H3,(H,22,25,27). The van der Waals surface area contributed by atoms with Crippen LogP contribution in [0.2, 0.25) is 5.02 Å². The SMILES string of the molecule is CCCCN(C(=O)c1cc(Cl)ccn1)c1c(N)n(CCCC)c(=O)[nH]c1=O. The molecule has 146 valence electrons. The number of hydrogen-bond donors (Lipinski definition) is 2. The number of unbranched alkanes of at least 4 members (excludes halogenated alkanes) is 2. The van der Waals surface area contributed by atoms with E-state index in [1.807, 2.05) is 13.8 Å². The molecule has 2 aromatic heterocycles. The summed E-state index contributed by atoms with van der Waals surface area (Å²) in [4.78, 5) is 45.3. The molecule has 0 fully saturated rings. The van der Waals surface area contributed by atoms with Crippen LogP contribution >= 0.6 is 11.6 Å². The van der Waals surface area contributed by atoms with Gasteiger partial charge in [0, 0.05) is 24.3 Å². The van der Waals surface area contributed by atoms with Crippen LogP contribution in [0.1, 0.15) is 50.0 Å². The molecule has 0 atom stereocenters. The molecule has 2 rings (SSSR count). The lowest BCUT2D eigenvalue weighted by atomic mass is 10.2. The van der Waals surface area contributed by atoms with Crippen molar-refractivity contribution >= 4 is 29.0 Å². The highest BCUT2D eigenvalue weighted by Crippen LogP contribution is 2.21. The molecule has 0 aromatic carbocycles. The highest BCUT2D eigenvalue weighted by Gasteiger charge is 2.25. The molecule has 0 aliphatic rings. The van der Waals surface area contributed by atoms with Gasteiger partial charge >= 0.3 is 5.69 Å². The summed E-state index contributed by atoms with van der Waals surface area (Å²) in [5.74, 6) is -0.521. The number of rotatable bonds is 8. The molecule has 2 heterocycles. The number of amides is 1. The summed E-state index contributed by atoms with van der Waals surface area (Å²) in [6.07, 6.45) is 4.45. The van der Waals surface area contributed by atoms with Gasteiger partial charge in [0.05, 0.1) is 0 Å². The smallest absolute Gasteiger partial charge is 0.330 e. The minimum Gasteiger partial charge on any atom is -0.383 e. The van der Waals surface area contributed by atoms with Crippen LogP contribution < -0.4 is 21.9 Å². The van der Waals surface area contributed by atoms with Gasteiger partial charge in [-0.3, -0.25) is 29.0 Å². The summed E-state index contributed by atoms with van der Waals surface area (Å²) in [5, 5.41) is 0.360. The van der Waals surface area contributed by atoms with E-state index in [1.54, 1.807) is 6.07 Å². The van der Waals surface area contributed by atoms with Crippen molar-refractivity contribution in [2.75, 3.05) is 17.2 Å². The van der Waals surface area contributed by atoms with E-state index in [1.165, 1.54) is 21.7 Å². The Morgan fingerprint density at radius 3 is 2.63 bits per heavy atom. The molecule has 3 N–H and O–H groups in total. The lowest BCUT2D eigenvalue weighted by molar-refractivity contribution is 0.0981. The molecule has 0 saturated carbocycles. The molecule has 8 nitrogen and oxygen atoms in total. The van der Waals surface area contributed by atoms with Gasteiger partial charge in [-0.2, -0.15) is 0 Å². The van der Waals surface area contributed by atoms with Crippen LogP contribution in [-0.2, 0) is 6.54 Å². The number of nitrogens with two attached hydrogens (primary N) is 1. The lowest BCUT2D eigenvalue weighted by Crippen LogP contribution is -2.42. The van der Waals surface area contributed by atoms with Gasteiger partial charge in [-0.1, -0.05) is 38.3 Å². The van der Waals surface area contributed by atoms with Gasteiger partial charge in [0.25, 0.3) is 11.5 Å². The largest absolute Gasteiger partial charge is 0.383 e. The molecule has 9 heteroatoms. The van der Waals surface area contributed by atoms with E-state index in [-0.39, 0.29) is 23.7 Å². The Hall–Kier alpha value is -2.61. The molecule has 1 amide bonds. The highest BCUT2D eigenvalue weighted by atomic mass is 35.5. The van der Waals surface area contributed by atoms with E-state index in [9.17, 15) is 14.4 Å². The zero-order valence-electron chi connectivity index (χ0n) is 15.5. The minimum atomic E-state index is -0.697. The Kier molecular flexibility index (Phi) is 7.18. The maximum Gasteiger partial charge on any atom is 0.330 e.